The van der Waals surface area contributed by atoms with Crippen LogP contribution in [0.3, 0.4) is 0 Å². The first-order valence-corrected chi connectivity index (χ1v) is 5.68. The SMILES string of the molecule is CCCC(C(=O)O)c1ccc(C(F)(F)F)cc1C. The number of carboxylic acid groups (broad SMARTS) is 1. The van der Waals surface area contributed by atoms with Gasteiger partial charge in [0.1, 0.15) is 0 Å². The van der Waals surface area contributed by atoms with Crippen LogP contribution in [0.5, 0.6) is 0 Å². The molecule has 2 nitrogen and oxygen atoms in total. The number of hydrogen-bond acceptors (Lipinski definition) is 1. The third-order valence-electron chi connectivity index (χ3n) is 2.85. The number of alkyl halides is 3. The molecule has 1 unspecified atom stereocenters. The molecule has 100 valence electrons. The summed E-state index contributed by atoms with van der Waals surface area (Å²) in [5.41, 5.74) is 0.0763. The van der Waals surface area contributed by atoms with Gasteiger partial charge in [-0.2, -0.15) is 13.2 Å². The van der Waals surface area contributed by atoms with Gasteiger partial charge in [0, 0.05) is 0 Å². The summed E-state index contributed by atoms with van der Waals surface area (Å²) in [6.07, 6.45) is -3.31. The van der Waals surface area contributed by atoms with Crippen LogP contribution in [0, 0.1) is 6.92 Å². The predicted octanol–water partition coefficient (Wildman–Crippen LogP) is 3.98. The second-order valence-corrected chi connectivity index (χ2v) is 4.25. The average Bonchev–Trinajstić information content (AvgIpc) is 2.24. The highest BCUT2D eigenvalue weighted by molar-refractivity contribution is 5.76. The van der Waals surface area contributed by atoms with E-state index < -0.39 is 23.6 Å². The number of halogens is 3. The average molecular weight is 260 g/mol. The van der Waals surface area contributed by atoms with Crippen molar-refractivity contribution in [3.63, 3.8) is 0 Å². The summed E-state index contributed by atoms with van der Waals surface area (Å²) in [6.45, 7) is 3.35. The molecular formula is C13H15F3O2. The van der Waals surface area contributed by atoms with Crippen LogP contribution in [-0.2, 0) is 11.0 Å². The molecule has 0 bridgehead atoms. The molecule has 1 aromatic rings. The maximum Gasteiger partial charge on any atom is 0.416 e. The summed E-state index contributed by atoms with van der Waals surface area (Å²) in [5.74, 6) is -1.74. The van der Waals surface area contributed by atoms with E-state index in [9.17, 15) is 18.0 Å². The van der Waals surface area contributed by atoms with Gasteiger partial charge in [-0.25, -0.2) is 0 Å². The maximum atomic E-state index is 12.5. The maximum absolute atomic E-state index is 12.5. The van der Waals surface area contributed by atoms with Crippen LogP contribution in [0.1, 0.15) is 42.4 Å². The summed E-state index contributed by atoms with van der Waals surface area (Å²) < 4.78 is 37.5. The van der Waals surface area contributed by atoms with E-state index in [-0.39, 0.29) is 0 Å². The second-order valence-electron chi connectivity index (χ2n) is 4.25. The van der Waals surface area contributed by atoms with Crippen LogP contribution in [0.4, 0.5) is 13.2 Å². The molecule has 0 spiro atoms. The van der Waals surface area contributed by atoms with Crippen molar-refractivity contribution in [2.45, 2.75) is 38.8 Å². The van der Waals surface area contributed by atoms with Gasteiger partial charge in [0.25, 0.3) is 0 Å². The first-order chi connectivity index (χ1) is 8.27. The third-order valence-corrected chi connectivity index (χ3v) is 2.85. The Labute approximate surface area is 103 Å². The van der Waals surface area contributed by atoms with Gasteiger partial charge in [0.2, 0.25) is 0 Å². The molecule has 0 saturated carbocycles. The van der Waals surface area contributed by atoms with Gasteiger partial charge in [-0.15, -0.1) is 0 Å². The van der Waals surface area contributed by atoms with E-state index in [4.69, 9.17) is 5.11 Å². The first kappa shape index (κ1) is 14.5. The smallest absolute Gasteiger partial charge is 0.416 e. The molecule has 0 aromatic heterocycles. The lowest BCUT2D eigenvalue weighted by molar-refractivity contribution is -0.139. The van der Waals surface area contributed by atoms with E-state index >= 15 is 0 Å². The van der Waals surface area contributed by atoms with E-state index in [1.807, 2.05) is 6.92 Å². The van der Waals surface area contributed by atoms with E-state index in [0.717, 1.165) is 12.1 Å². The van der Waals surface area contributed by atoms with Gasteiger partial charge < -0.3 is 5.11 Å². The number of hydrogen-bond donors (Lipinski definition) is 1. The van der Waals surface area contributed by atoms with Gasteiger partial charge in [-0.1, -0.05) is 19.4 Å². The fraction of sp³-hybridized carbons (Fsp3) is 0.462. The minimum absolute atomic E-state index is 0.366. The molecule has 1 N–H and O–H groups in total. The highest BCUT2D eigenvalue weighted by Gasteiger charge is 2.31. The summed E-state index contributed by atoms with van der Waals surface area (Å²) in [6, 6.07) is 3.21. The Morgan fingerprint density at radius 2 is 2.00 bits per heavy atom. The zero-order chi connectivity index (χ0) is 13.9. The quantitative estimate of drug-likeness (QED) is 0.889. The molecule has 1 rings (SSSR count). The molecule has 0 aliphatic carbocycles. The molecule has 0 aliphatic heterocycles. The lowest BCUT2D eigenvalue weighted by Crippen LogP contribution is -2.14. The first-order valence-electron chi connectivity index (χ1n) is 5.68. The predicted molar refractivity (Wildman–Crippen MR) is 61.5 cm³/mol. The van der Waals surface area contributed by atoms with Gasteiger partial charge in [-0.05, 0) is 36.6 Å². The Bertz CT molecular complexity index is 438. The summed E-state index contributed by atoms with van der Waals surface area (Å²) in [4.78, 5) is 11.1. The van der Waals surface area contributed by atoms with Crippen LogP contribution >= 0.6 is 0 Å². The molecule has 0 saturated heterocycles. The second kappa shape index (κ2) is 5.42. The largest absolute Gasteiger partial charge is 0.481 e. The lowest BCUT2D eigenvalue weighted by atomic mass is 9.90. The molecule has 0 heterocycles. The summed E-state index contributed by atoms with van der Waals surface area (Å²) >= 11 is 0. The Kier molecular flexibility index (Phi) is 4.38. The van der Waals surface area contributed by atoms with Crippen molar-refractivity contribution in [3.05, 3.63) is 34.9 Å². The van der Waals surface area contributed by atoms with Crippen LogP contribution in [0.15, 0.2) is 18.2 Å². The van der Waals surface area contributed by atoms with Crippen molar-refractivity contribution in [1.29, 1.82) is 0 Å². The summed E-state index contributed by atoms with van der Waals surface area (Å²) in [7, 11) is 0. The highest BCUT2D eigenvalue weighted by Crippen LogP contribution is 2.33. The number of carboxylic acids is 1. The van der Waals surface area contributed by atoms with Gasteiger partial charge in [0.05, 0.1) is 11.5 Å². The van der Waals surface area contributed by atoms with Crippen molar-refractivity contribution in [3.8, 4) is 0 Å². The third kappa shape index (κ3) is 3.24. The Balaban J connectivity index is 3.15. The van der Waals surface area contributed by atoms with Crippen molar-refractivity contribution >= 4 is 5.97 Å². The van der Waals surface area contributed by atoms with E-state index in [1.165, 1.54) is 13.0 Å². The van der Waals surface area contributed by atoms with Crippen molar-refractivity contribution < 1.29 is 23.1 Å². The van der Waals surface area contributed by atoms with Gasteiger partial charge in [-0.3, -0.25) is 4.79 Å². The Morgan fingerprint density at radius 3 is 2.39 bits per heavy atom. The zero-order valence-electron chi connectivity index (χ0n) is 10.2. The fourth-order valence-corrected chi connectivity index (χ4v) is 1.94. The molecule has 0 amide bonds. The van der Waals surface area contributed by atoms with Gasteiger partial charge >= 0.3 is 12.1 Å². The molecule has 5 heteroatoms. The standard InChI is InChI=1S/C13H15F3O2/c1-3-4-11(12(17)18)10-6-5-9(7-8(10)2)13(14,15)16/h5-7,11H,3-4H2,1-2H3,(H,17,18). The fourth-order valence-electron chi connectivity index (χ4n) is 1.94. The molecule has 0 radical (unpaired) electrons. The molecule has 1 atom stereocenters. The van der Waals surface area contributed by atoms with E-state index in [0.29, 0.717) is 24.0 Å². The Hall–Kier alpha value is -1.52. The number of rotatable bonds is 4. The summed E-state index contributed by atoms with van der Waals surface area (Å²) in [5, 5.41) is 9.09. The highest BCUT2D eigenvalue weighted by atomic mass is 19.4. The van der Waals surface area contributed by atoms with E-state index in [1.54, 1.807) is 0 Å². The van der Waals surface area contributed by atoms with Crippen LogP contribution in [0.2, 0.25) is 0 Å². The molecular weight excluding hydrogens is 245 g/mol. The van der Waals surface area contributed by atoms with Crippen LogP contribution < -0.4 is 0 Å². The Morgan fingerprint density at radius 1 is 1.39 bits per heavy atom. The van der Waals surface area contributed by atoms with Gasteiger partial charge in [0.15, 0.2) is 0 Å². The topological polar surface area (TPSA) is 37.3 Å². The monoisotopic (exact) mass is 260 g/mol. The number of aryl methyl sites for hydroxylation is 1. The van der Waals surface area contributed by atoms with Crippen molar-refractivity contribution in [2.75, 3.05) is 0 Å². The molecule has 18 heavy (non-hydrogen) atoms. The number of aliphatic carboxylic acids is 1. The normalized spacial score (nSPS) is 13.4. The molecule has 0 aliphatic rings. The van der Waals surface area contributed by atoms with Crippen LogP contribution in [0.25, 0.3) is 0 Å². The number of benzene rings is 1. The molecule has 0 fully saturated rings. The molecule has 1 aromatic carbocycles. The van der Waals surface area contributed by atoms with Crippen molar-refractivity contribution in [1.82, 2.24) is 0 Å². The van der Waals surface area contributed by atoms with Crippen molar-refractivity contribution in [2.24, 2.45) is 0 Å². The lowest BCUT2D eigenvalue weighted by Gasteiger charge is -2.16. The van der Waals surface area contributed by atoms with E-state index in [2.05, 4.69) is 0 Å². The zero-order valence-corrected chi connectivity index (χ0v) is 10.2. The van der Waals surface area contributed by atoms with Crippen LogP contribution in [-0.4, -0.2) is 11.1 Å². The minimum Gasteiger partial charge on any atom is -0.481 e. The minimum atomic E-state index is -4.40. The number of carbonyl (C=O) groups is 1.